The van der Waals surface area contributed by atoms with Crippen LogP contribution in [-0.2, 0) is 0 Å². The summed E-state index contributed by atoms with van der Waals surface area (Å²) in [5.74, 6) is 0.737. The molecule has 0 aliphatic heterocycles. The molecule has 0 unspecified atom stereocenters. The van der Waals surface area contributed by atoms with Crippen LogP contribution in [0.15, 0.2) is 42.6 Å². The van der Waals surface area contributed by atoms with Crippen LogP contribution in [0.3, 0.4) is 0 Å². The average Bonchev–Trinajstić information content (AvgIpc) is 2.39. The van der Waals surface area contributed by atoms with Crippen molar-refractivity contribution >= 4 is 5.69 Å². The molecule has 6 nitrogen and oxygen atoms in total. The molecule has 0 bridgehead atoms. The Bertz CT molecular complexity index is 634. The van der Waals surface area contributed by atoms with Crippen molar-refractivity contribution in [3.8, 4) is 17.6 Å². The van der Waals surface area contributed by atoms with Gasteiger partial charge in [0.25, 0.3) is 5.69 Å². The quantitative estimate of drug-likeness (QED) is 0.608. The monoisotopic (exact) mass is 241 g/mol. The van der Waals surface area contributed by atoms with Gasteiger partial charge in [-0.3, -0.25) is 10.1 Å². The van der Waals surface area contributed by atoms with E-state index < -0.39 is 4.92 Å². The maximum absolute atomic E-state index is 10.6. The molecule has 0 atom stereocenters. The number of aromatic nitrogens is 1. The number of nitriles is 1. The topological polar surface area (TPSA) is 89.0 Å². The van der Waals surface area contributed by atoms with Gasteiger partial charge in [-0.1, -0.05) is 6.07 Å². The first-order valence-electron chi connectivity index (χ1n) is 4.97. The lowest BCUT2D eigenvalue weighted by Gasteiger charge is -2.04. The third-order valence-corrected chi connectivity index (χ3v) is 2.11. The van der Waals surface area contributed by atoms with Crippen LogP contribution >= 0.6 is 0 Å². The minimum absolute atomic E-state index is 0.0536. The highest BCUT2D eigenvalue weighted by molar-refractivity contribution is 5.41. The largest absolute Gasteiger partial charge is 0.457 e. The Labute approximate surface area is 102 Å². The number of rotatable bonds is 3. The summed E-state index contributed by atoms with van der Waals surface area (Å²) in [6.45, 7) is 0. The van der Waals surface area contributed by atoms with Crippen LogP contribution in [-0.4, -0.2) is 9.91 Å². The highest BCUT2D eigenvalue weighted by atomic mass is 16.6. The Kier molecular flexibility index (Phi) is 3.16. The van der Waals surface area contributed by atoms with Gasteiger partial charge >= 0.3 is 0 Å². The lowest BCUT2D eigenvalue weighted by atomic mass is 10.3. The van der Waals surface area contributed by atoms with E-state index in [0.717, 1.165) is 0 Å². The predicted molar refractivity (Wildman–Crippen MR) is 62.1 cm³/mol. The van der Waals surface area contributed by atoms with E-state index in [0.29, 0.717) is 11.5 Å². The lowest BCUT2D eigenvalue weighted by Crippen LogP contribution is -1.90. The van der Waals surface area contributed by atoms with Gasteiger partial charge < -0.3 is 4.74 Å². The molecule has 0 amide bonds. The van der Waals surface area contributed by atoms with E-state index in [4.69, 9.17) is 10.00 Å². The zero-order valence-corrected chi connectivity index (χ0v) is 9.11. The second kappa shape index (κ2) is 4.93. The molecule has 0 aliphatic rings. The maximum Gasteiger partial charge on any atom is 0.273 e. The van der Waals surface area contributed by atoms with Gasteiger partial charge in [-0.25, -0.2) is 4.98 Å². The minimum atomic E-state index is -0.500. The van der Waals surface area contributed by atoms with Crippen molar-refractivity contribution in [1.82, 2.24) is 4.98 Å². The van der Waals surface area contributed by atoms with Gasteiger partial charge in [0.15, 0.2) is 0 Å². The molecule has 0 fully saturated rings. The molecule has 0 saturated carbocycles. The van der Waals surface area contributed by atoms with Crippen LogP contribution in [0.4, 0.5) is 5.69 Å². The van der Waals surface area contributed by atoms with Crippen LogP contribution < -0.4 is 4.74 Å². The second-order valence-electron chi connectivity index (χ2n) is 3.35. The summed E-state index contributed by atoms with van der Waals surface area (Å²) < 4.78 is 5.42. The molecular weight excluding hydrogens is 234 g/mol. The van der Waals surface area contributed by atoms with E-state index in [9.17, 15) is 10.1 Å². The fourth-order valence-electron chi connectivity index (χ4n) is 1.33. The van der Waals surface area contributed by atoms with Crippen LogP contribution in [0.2, 0.25) is 0 Å². The zero-order valence-electron chi connectivity index (χ0n) is 9.11. The van der Waals surface area contributed by atoms with Crippen LogP contribution in [0.5, 0.6) is 11.5 Å². The number of nitro benzene ring substituents is 1. The molecule has 0 spiro atoms. The Morgan fingerprint density at radius 1 is 1.28 bits per heavy atom. The van der Waals surface area contributed by atoms with Crippen molar-refractivity contribution in [1.29, 1.82) is 5.26 Å². The van der Waals surface area contributed by atoms with E-state index in [1.807, 2.05) is 6.07 Å². The number of hydrogen-bond acceptors (Lipinski definition) is 5. The molecule has 18 heavy (non-hydrogen) atoms. The van der Waals surface area contributed by atoms with Crippen LogP contribution in [0.1, 0.15) is 5.69 Å². The smallest absolute Gasteiger partial charge is 0.273 e. The van der Waals surface area contributed by atoms with Gasteiger partial charge in [0, 0.05) is 18.3 Å². The number of non-ortho nitro benzene ring substituents is 1. The molecule has 0 N–H and O–H groups in total. The van der Waals surface area contributed by atoms with Gasteiger partial charge in [-0.05, 0) is 12.1 Å². The summed E-state index contributed by atoms with van der Waals surface area (Å²) in [4.78, 5) is 13.9. The molecule has 88 valence electrons. The zero-order chi connectivity index (χ0) is 13.0. The van der Waals surface area contributed by atoms with Crippen molar-refractivity contribution < 1.29 is 9.66 Å². The fourth-order valence-corrected chi connectivity index (χ4v) is 1.33. The van der Waals surface area contributed by atoms with E-state index in [1.165, 1.54) is 30.5 Å². The third kappa shape index (κ3) is 2.59. The van der Waals surface area contributed by atoms with Gasteiger partial charge in [-0.15, -0.1) is 0 Å². The summed E-state index contributed by atoms with van der Waals surface area (Å²) in [5.41, 5.74) is 0.167. The Morgan fingerprint density at radius 3 is 2.78 bits per heavy atom. The molecule has 2 rings (SSSR count). The number of ether oxygens (including phenoxy) is 1. The van der Waals surface area contributed by atoms with Crippen molar-refractivity contribution in [3.05, 3.63) is 58.4 Å². The van der Waals surface area contributed by atoms with E-state index in [2.05, 4.69) is 4.98 Å². The average molecular weight is 241 g/mol. The Balaban J connectivity index is 2.26. The van der Waals surface area contributed by atoms with Crippen molar-refractivity contribution in [2.24, 2.45) is 0 Å². The fraction of sp³-hybridized carbons (Fsp3) is 0. The highest BCUT2D eigenvalue weighted by Crippen LogP contribution is 2.24. The van der Waals surface area contributed by atoms with Crippen molar-refractivity contribution in [2.75, 3.05) is 0 Å². The standard InChI is InChI=1S/C12H7N3O3/c13-8-9-6-12(4-5-14-9)18-11-3-1-2-10(7-11)15(16)17/h1-7H. The second-order valence-corrected chi connectivity index (χ2v) is 3.35. The molecule has 0 radical (unpaired) electrons. The predicted octanol–water partition coefficient (Wildman–Crippen LogP) is 2.65. The molecule has 1 aromatic heterocycles. The van der Waals surface area contributed by atoms with Gasteiger partial charge in [-0.2, -0.15) is 5.26 Å². The summed E-state index contributed by atoms with van der Waals surface area (Å²) in [6, 6.07) is 10.7. The molecule has 6 heteroatoms. The minimum Gasteiger partial charge on any atom is -0.457 e. The van der Waals surface area contributed by atoms with Crippen molar-refractivity contribution in [3.63, 3.8) is 0 Å². The molecular formula is C12H7N3O3. The SMILES string of the molecule is N#Cc1cc(Oc2cccc([N+](=O)[O-])c2)ccn1. The number of nitro groups is 1. The number of pyridine rings is 1. The Morgan fingerprint density at radius 2 is 2.06 bits per heavy atom. The molecule has 0 saturated heterocycles. The molecule has 0 aliphatic carbocycles. The maximum atomic E-state index is 10.6. The molecule has 2 aromatic rings. The van der Waals surface area contributed by atoms with Gasteiger partial charge in [0.05, 0.1) is 11.0 Å². The summed E-state index contributed by atoms with van der Waals surface area (Å²) in [5, 5.41) is 19.3. The summed E-state index contributed by atoms with van der Waals surface area (Å²) in [7, 11) is 0. The highest BCUT2D eigenvalue weighted by Gasteiger charge is 2.07. The number of benzene rings is 1. The lowest BCUT2D eigenvalue weighted by molar-refractivity contribution is -0.384. The van der Waals surface area contributed by atoms with E-state index >= 15 is 0 Å². The van der Waals surface area contributed by atoms with E-state index in [-0.39, 0.29) is 11.4 Å². The first-order chi connectivity index (χ1) is 8.69. The van der Waals surface area contributed by atoms with Gasteiger partial charge in [0.2, 0.25) is 0 Å². The van der Waals surface area contributed by atoms with Gasteiger partial charge in [0.1, 0.15) is 23.3 Å². The number of hydrogen-bond donors (Lipinski definition) is 0. The normalized spacial score (nSPS) is 9.50. The van der Waals surface area contributed by atoms with Crippen LogP contribution in [0.25, 0.3) is 0 Å². The first kappa shape index (κ1) is 11.5. The van der Waals surface area contributed by atoms with Crippen LogP contribution in [0, 0.1) is 21.4 Å². The Hall–Kier alpha value is -2.94. The summed E-state index contributed by atoms with van der Waals surface area (Å²) in [6.07, 6.45) is 1.44. The van der Waals surface area contributed by atoms with E-state index in [1.54, 1.807) is 12.1 Å². The number of nitrogens with zero attached hydrogens (tertiary/aromatic N) is 3. The summed E-state index contributed by atoms with van der Waals surface area (Å²) >= 11 is 0. The first-order valence-corrected chi connectivity index (χ1v) is 4.97. The van der Waals surface area contributed by atoms with Crippen molar-refractivity contribution in [2.45, 2.75) is 0 Å². The third-order valence-electron chi connectivity index (χ3n) is 2.11. The molecule has 1 aromatic carbocycles. The molecule has 1 heterocycles.